The third kappa shape index (κ3) is 5.41. The zero-order valence-electron chi connectivity index (χ0n) is 21.9. The predicted molar refractivity (Wildman–Crippen MR) is 135 cm³/mol. The smallest absolute Gasteiger partial charge is 0.320 e. The van der Waals surface area contributed by atoms with E-state index in [2.05, 4.69) is 48.3 Å². The van der Waals surface area contributed by atoms with Crippen LogP contribution in [0.5, 0.6) is 0 Å². The summed E-state index contributed by atoms with van der Waals surface area (Å²) in [6.07, 6.45) is 2.73. The number of aromatic nitrogens is 2. The van der Waals surface area contributed by atoms with Gasteiger partial charge in [-0.15, -0.1) is 0 Å². The Kier molecular flexibility index (Phi) is 6.74. The lowest BCUT2D eigenvalue weighted by Crippen LogP contribution is -2.59. The van der Waals surface area contributed by atoms with E-state index < -0.39 is 37.4 Å². The van der Waals surface area contributed by atoms with Crippen molar-refractivity contribution >= 4 is 20.0 Å². The van der Waals surface area contributed by atoms with Gasteiger partial charge < -0.3 is 15.1 Å². The number of halogens is 4. The van der Waals surface area contributed by atoms with E-state index in [4.69, 9.17) is 4.43 Å². The quantitative estimate of drug-likeness (QED) is 0.265. The summed E-state index contributed by atoms with van der Waals surface area (Å²) < 4.78 is 66.9. The second kappa shape index (κ2) is 9.17. The fourth-order valence-corrected chi connectivity index (χ4v) is 4.72. The van der Waals surface area contributed by atoms with Gasteiger partial charge in [-0.3, -0.25) is 4.68 Å². The number of alkyl halides is 2. The summed E-state index contributed by atoms with van der Waals surface area (Å²) in [5.41, 5.74) is -2.38. The zero-order chi connectivity index (χ0) is 27.4. The van der Waals surface area contributed by atoms with Gasteiger partial charge in [0.25, 0.3) is 5.92 Å². The van der Waals surface area contributed by atoms with Crippen LogP contribution in [0.2, 0.25) is 18.1 Å². The molecule has 37 heavy (non-hydrogen) atoms. The first-order chi connectivity index (χ1) is 17.0. The highest BCUT2D eigenvalue weighted by molar-refractivity contribution is 6.74. The number of hydrogen-bond acceptors (Lipinski definition) is 3. The third-order valence-electron chi connectivity index (χ3n) is 7.33. The monoisotopic (exact) mass is 536 g/mol. The third-order valence-corrected chi connectivity index (χ3v) is 11.8. The van der Waals surface area contributed by atoms with Crippen LogP contribution in [0.15, 0.2) is 18.3 Å². The van der Waals surface area contributed by atoms with Crippen LogP contribution in [0.3, 0.4) is 0 Å². The van der Waals surface area contributed by atoms with Crippen LogP contribution in [0, 0.1) is 29.4 Å². The Morgan fingerprint density at radius 1 is 1.19 bits per heavy atom. The number of rotatable bonds is 6. The maximum atomic E-state index is 15.3. The number of benzene rings is 1. The van der Waals surface area contributed by atoms with Crippen LogP contribution in [0.1, 0.15) is 57.4 Å². The normalized spacial score (nSPS) is 20.0. The predicted octanol–water partition coefficient (Wildman–Crippen LogP) is 6.13. The van der Waals surface area contributed by atoms with Crippen LogP contribution in [-0.2, 0) is 23.1 Å². The number of carbonyl (C=O) groups excluding carboxylic acids is 1. The van der Waals surface area contributed by atoms with Crippen LogP contribution in [-0.4, -0.2) is 30.1 Å². The molecule has 2 N–H and O–H groups in total. The van der Waals surface area contributed by atoms with E-state index in [1.54, 1.807) is 0 Å². The highest BCUT2D eigenvalue weighted by Crippen LogP contribution is 2.44. The van der Waals surface area contributed by atoms with Gasteiger partial charge in [-0.1, -0.05) is 32.6 Å². The molecule has 0 unspecified atom stereocenters. The number of nitrogens with zero attached hydrogens (tertiary/aromatic N) is 2. The number of fused-ring (bicyclic) bond motifs is 1. The van der Waals surface area contributed by atoms with Crippen LogP contribution >= 0.6 is 0 Å². The zero-order valence-corrected chi connectivity index (χ0v) is 22.9. The molecule has 2 aromatic rings. The van der Waals surface area contributed by atoms with Crippen molar-refractivity contribution in [2.75, 3.05) is 5.32 Å². The molecule has 2 heterocycles. The second-order valence-corrected chi connectivity index (χ2v) is 16.2. The molecular formula is C26H32F4N4O2Si. The largest absolute Gasteiger partial charge is 0.411 e. The fraction of sp³-hybridized carbons (Fsp3) is 0.538. The van der Waals surface area contributed by atoms with E-state index in [9.17, 15) is 18.0 Å². The minimum absolute atomic E-state index is 0.0110. The summed E-state index contributed by atoms with van der Waals surface area (Å²) in [6.45, 7) is 10.8. The van der Waals surface area contributed by atoms with Gasteiger partial charge >= 0.3 is 6.03 Å². The van der Waals surface area contributed by atoms with Crippen molar-refractivity contribution in [2.45, 2.75) is 83.3 Å². The Morgan fingerprint density at radius 3 is 2.46 bits per heavy atom. The van der Waals surface area contributed by atoms with E-state index >= 15 is 4.39 Å². The molecule has 6 nitrogen and oxygen atoms in total. The Balaban J connectivity index is 1.63. The van der Waals surface area contributed by atoms with Gasteiger partial charge in [-0.2, -0.15) is 5.10 Å². The number of carbonyl (C=O) groups is 1. The highest BCUT2D eigenvalue weighted by Gasteiger charge is 2.55. The highest BCUT2D eigenvalue weighted by atomic mass is 28.4. The average molecular weight is 537 g/mol. The lowest BCUT2D eigenvalue weighted by molar-refractivity contribution is -0.0465. The fourth-order valence-electron chi connectivity index (χ4n) is 3.79. The molecule has 4 rings (SSSR count). The number of hydrogen-bond donors (Lipinski definition) is 2. The Hall–Kier alpha value is -2.84. The van der Waals surface area contributed by atoms with E-state index in [-0.39, 0.29) is 46.6 Å². The van der Waals surface area contributed by atoms with Gasteiger partial charge in [0.05, 0.1) is 19.3 Å². The summed E-state index contributed by atoms with van der Waals surface area (Å²) in [6, 6.07) is 1.36. The van der Waals surface area contributed by atoms with Gasteiger partial charge in [-0.25, -0.2) is 22.4 Å². The molecule has 2 aliphatic rings. The summed E-state index contributed by atoms with van der Waals surface area (Å²) in [7, 11) is -2.14. The maximum absolute atomic E-state index is 15.3. The summed E-state index contributed by atoms with van der Waals surface area (Å²) >= 11 is 0. The molecule has 11 heteroatoms. The maximum Gasteiger partial charge on any atom is 0.320 e. The summed E-state index contributed by atoms with van der Waals surface area (Å²) in [5, 5.41) is 8.86. The van der Waals surface area contributed by atoms with E-state index in [0.29, 0.717) is 6.92 Å². The molecule has 0 radical (unpaired) electrons. The van der Waals surface area contributed by atoms with Crippen molar-refractivity contribution in [1.82, 2.24) is 15.1 Å². The average Bonchev–Trinajstić information content (AvgIpc) is 3.52. The number of urea groups is 1. The van der Waals surface area contributed by atoms with Crippen LogP contribution in [0.4, 0.5) is 28.0 Å². The van der Waals surface area contributed by atoms with Gasteiger partial charge in [-0.05, 0) is 43.1 Å². The van der Waals surface area contributed by atoms with E-state index in [1.807, 2.05) is 13.1 Å². The summed E-state index contributed by atoms with van der Waals surface area (Å²) in [4.78, 5) is 12.4. The van der Waals surface area contributed by atoms with Crippen molar-refractivity contribution in [3.05, 3.63) is 46.8 Å². The first-order valence-electron chi connectivity index (χ1n) is 12.2. The second-order valence-electron chi connectivity index (χ2n) is 11.4. The van der Waals surface area contributed by atoms with E-state index in [1.165, 1.54) is 10.7 Å². The summed E-state index contributed by atoms with van der Waals surface area (Å²) in [5.74, 6) is 0.443. The van der Waals surface area contributed by atoms with Crippen molar-refractivity contribution in [1.29, 1.82) is 0 Å². The minimum Gasteiger partial charge on any atom is -0.411 e. The van der Waals surface area contributed by atoms with Gasteiger partial charge in [0.1, 0.15) is 11.5 Å². The minimum atomic E-state index is -3.50. The molecule has 1 aromatic heterocycles. The molecule has 200 valence electrons. The Morgan fingerprint density at radius 2 is 1.86 bits per heavy atom. The lowest BCUT2D eigenvalue weighted by atomic mass is 9.81. The first kappa shape index (κ1) is 27.2. The molecule has 1 saturated carbocycles. The molecule has 1 aliphatic carbocycles. The molecule has 1 atom stereocenters. The molecule has 1 aliphatic heterocycles. The number of nitrogens with one attached hydrogen (secondary N) is 2. The number of amides is 2. The van der Waals surface area contributed by atoms with Crippen molar-refractivity contribution in [3.63, 3.8) is 0 Å². The van der Waals surface area contributed by atoms with E-state index in [0.717, 1.165) is 25.1 Å². The first-order valence-corrected chi connectivity index (χ1v) is 15.1. The Labute approximate surface area is 215 Å². The van der Waals surface area contributed by atoms with Crippen molar-refractivity contribution in [3.8, 4) is 11.8 Å². The lowest BCUT2D eigenvalue weighted by Gasteiger charge is -2.40. The number of anilines is 1. The Bertz CT molecular complexity index is 1280. The molecule has 1 aromatic carbocycles. The van der Waals surface area contributed by atoms with Gasteiger partial charge in [0.2, 0.25) is 0 Å². The van der Waals surface area contributed by atoms with Crippen LogP contribution in [0.25, 0.3) is 0 Å². The van der Waals surface area contributed by atoms with Gasteiger partial charge in [0.15, 0.2) is 19.7 Å². The standard InChI is InChI=1S/C26H32F4N4O2Si/c1-24(2,3)37(5,6)36-15-22-20(28)14-34(33-22)13-17-11-21-18(12-19(17)27)26(25(4,29)30,32-23(35)31-21)10-9-16-7-8-16/h11-12,14,16H,7-8,13,15H2,1-6H3,(H2,31,32,35)/t26-/m0/s1. The molecule has 0 spiro atoms. The molecule has 2 amide bonds. The SMILES string of the molecule is CC(F)(F)[C@@]1(C#CC2CC2)NC(=O)Nc2cc(Cn3cc(F)c(CO[Si](C)(C)C(C)(C)C)n3)c(F)cc21. The topological polar surface area (TPSA) is 68.2 Å². The van der Waals surface area contributed by atoms with Crippen LogP contribution < -0.4 is 10.6 Å². The molecule has 0 bridgehead atoms. The molecular weight excluding hydrogens is 504 g/mol. The molecule has 1 fully saturated rings. The van der Waals surface area contributed by atoms with Gasteiger partial charge in [0, 0.05) is 29.7 Å². The van der Waals surface area contributed by atoms with Crippen molar-refractivity contribution in [2.24, 2.45) is 5.92 Å². The molecule has 0 saturated heterocycles. The van der Waals surface area contributed by atoms with Crippen molar-refractivity contribution < 1.29 is 26.8 Å².